The van der Waals surface area contributed by atoms with Gasteiger partial charge in [-0.05, 0) is 20.3 Å². The zero-order valence-electron chi connectivity index (χ0n) is 7.40. The quantitative estimate of drug-likeness (QED) is 0.525. The first-order valence-corrected chi connectivity index (χ1v) is 3.98. The number of Topliss-reactive ketones (excluding diaryl/α,β-unsaturated/α-hetero) is 1. The number of hydrogen-bond acceptors (Lipinski definition) is 4. The zero-order valence-corrected chi connectivity index (χ0v) is 7.40. The summed E-state index contributed by atoms with van der Waals surface area (Å²) in [5.41, 5.74) is 0. The Morgan fingerprint density at radius 1 is 1.33 bits per heavy atom. The lowest BCUT2D eigenvalue weighted by molar-refractivity contribution is -0.118. The molecule has 0 heterocycles. The van der Waals surface area contributed by atoms with Crippen molar-refractivity contribution >= 4 is 5.78 Å². The van der Waals surface area contributed by atoms with E-state index in [-0.39, 0.29) is 18.6 Å². The van der Waals surface area contributed by atoms with E-state index in [1.165, 1.54) is 13.8 Å². The Bertz CT molecular complexity index is 144. The monoisotopic (exact) mass is 176 g/mol. The van der Waals surface area contributed by atoms with E-state index in [1.54, 1.807) is 0 Å². The van der Waals surface area contributed by atoms with E-state index in [9.17, 15) is 9.90 Å². The number of hydrogen-bond donors (Lipinski definition) is 3. The Morgan fingerprint density at radius 2 is 1.83 bits per heavy atom. The first kappa shape index (κ1) is 11.6. The fourth-order valence-corrected chi connectivity index (χ4v) is 0.843. The van der Waals surface area contributed by atoms with E-state index in [0.717, 1.165) is 0 Å². The van der Waals surface area contributed by atoms with Gasteiger partial charge in [0.15, 0.2) is 0 Å². The highest BCUT2D eigenvalue weighted by atomic mass is 16.4. The minimum Gasteiger partial charge on any atom is -0.391 e. The molecule has 0 aromatic carbocycles. The van der Waals surface area contributed by atoms with Crippen LogP contribution in [0.15, 0.2) is 0 Å². The van der Waals surface area contributed by atoms with E-state index < -0.39 is 18.3 Å². The molecular formula is C8H16O4. The SMILES string of the molecule is CC(=O)CC[C@H](O)[C@H](O)[C@@H](C)O. The molecule has 0 aliphatic carbocycles. The third-order valence-electron chi connectivity index (χ3n) is 1.68. The van der Waals surface area contributed by atoms with Gasteiger partial charge in [0.1, 0.15) is 11.9 Å². The van der Waals surface area contributed by atoms with Gasteiger partial charge in [-0.3, -0.25) is 0 Å². The lowest BCUT2D eigenvalue weighted by Gasteiger charge is -2.19. The number of carbonyl (C=O) groups excluding carboxylic acids is 1. The van der Waals surface area contributed by atoms with Crippen LogP contribution in [0.3, 0.4) is 0 Å². The molecule has 0 aliphatic heterocycles. The second kappa shape index (κ2) is 5.24. The van der Waals surface area contributed by atoms with E-state index in [2.05, 4.69) is 0 Å². The van der Waals surface area contributed by atoms with Gasteiger partial charge >= 0.3 is 0 Å². The summed E-state index contributed by atoms with van der Waals surface area (Å²) in [5, 5.41) is 27.1. The largest absolute Gasteiger partial charge is 0.391 e. The van der Waals surface area contributed by atoms with Crippen LogP contribution < -0.4 is 0 Å². The van der Waals surface area contributed by atoms with Crippen molar-refractivity contribution in [1.29, 1.82) is 0 Å². The minimum absolute atomic E-state index is 0.0353. The van der Waals surface area contributed by atoms with Gasteiger partial charge in [0, 0.05) is 6.42 Å². The maximum atomic E-state index is 10.5. The summed E-state index contributed by atoms with van der Waals surface area (Å²) in [6.07, 6.45) is -2.72. The van der Waals surface area contributed by atoms with Crippen LogP contribution in [0.1, 0.15) is 26.7 Å². The molecule has 0 amide bonds. The van der Waals surface area contributed by atoms with Gasteiger partial charge in [0.2, 0.25) is 0 Å². The molecule has 0 aliphatic rings. The second-order valence-corrected chi connectivity index (χ2v) is 3.04. The summed E-state index contributed by atoms with van der Waals surface area (Å²) >= 11 is 0. The lowest BCUT2D eigenvalue weighted by Crippen LogP contribution is -2.35. The summed E-state index contributed by atoms with van der Waals surface area (Å²) < 4.78 is 0. The first-order chi connectivity index (χ1) is 5.45. The highest BCUT2D eigenvalue weighted by molar-refractivity contribution is 5.75. The molecule has 72 valence electrons. The van der Waals surface area contributed by atoms with Crippen LogP contribution in [0.5, 0.6) is 0 Å². The molecule has 0 saturated heterocycles. The van der Waals surface area contributed by atoms with Crippen molar-refractivity contribution < 1.29 is 20.1 Å². The van der Waals surface area contributed by atoms with Crippen molar-refractivity contribution in [2.45, 2.75) is 45.0 Å². The maximum Gasteiger partial charge on any atom is 0.129 e. The molecule has 3 N–H and O–H groups in total. The molecule has 0 saturated carbocycles. The Balaban J connectivity index is 3.71. The third-order valence-corrected chi connectivity index (χ3v) is 1.68. The minimum atomic E-state index is -1.16. The standard InChI is InChI=1S/C8H16O4/c1-5(9)3-4-7(11)8(12)6(2)10/h6-8,10-12H,3-4H2,1-2H3/t6-,7+,8-/m1/s1. The van der Waals surface area contributed by atoms with Crippen LogP contribution in [0, 0.1) is 0 Å². The number of rotatable bonds is 5. The fraction of sp³-hybridized carbons (Fsp3) is 0.875. The molecule has 0 radical (unpaired) electrons. The Morgan fingerprint density at radius 3 is 2.17 bits per heavy atom. The summed E-state index contributed by atoms with van der Waals surface area (Å²) in [6.45, 7) is 2.81. The molecule has 0 rings (SSSR count). The third kappa shape index (κ3) is 4.43. The van der Waals surface area contributed by atoms with Crippen molar-refractivity contribution in [3.8, 4) is 0 Å². The smallest absolute Gasteiger partial charge is 0.129 e. The normalized spacial score (nSPS) is 18.4. The number of aliphatic hydroxyl groups excluding tert-OH is 3. The van der Waals surface area contributed by atoms with Crippen molar-refractivity contribution in [2.24, 2.45) is 0 Å². The lowest BCUT2D eigenvalue weighted by atomic mass is 10.0. The molecule has 0 spiro atoms. The predicted octanol–water partition coefficient (Wildman–Crippen LogP) is -0.542. The molecule has 4 nitrogen and oxygen atoms in total. The van der Waals surface area contributed by atoms with E-state index >= 15 is 0 Å². The number of aliphatic hydroxyl groups is 3. The molecule has 0 aromatic rings. The van der Waals surface area contributed by atoms with Gasteiger partial charge in [-0.15, -0.1) is 0 Å². The number of carbonyl (C=O) groups is 1. The fourth-order valence-electron chi connectivity index (χ4n) is 0.843. The molecule has 0 bridgehead atoms. The second-order valence-electron chi connectivity index (χ2n) is 3.04. The Hall–Kier alpha value is -0.450. The average Bonchev–Trinajstić information content (AvgIpc) is 1.98. The Kier molecular flexibility index (Phi) is 5.04. The summed E-state index contributed by atoms with van der Waals surface area (Å²) in [6, 6.07) is 0. The molecule has 0 fully saturated rings. The van der Waals surface area contributed by atoms with Crippen molar-refractivity contribution in [3.63, 3.8) is 0 Å². The van der Waals surface area contributed by atoms with Gasteiger partial charge in [0.05, 0.1) is 12.2 Å². The van der Waals surface area contributed by atoms with Gasteiger partial charge in [-0.1, -0.05) is 0 Å². The van der Waals surface area contributed by atoms with Crippen molar-refractivity contribution in [3.05, 3.63) is 0 Å². The Labute approximate surface area is 71.8 Å². The molecule has 0 aromatic heterocycles. The van der Waals surface area contributed by atoms with Gasteiger partial charge in [0.25, 0.3) is 0 Å². The summed E-state index contributed by atoms with van der Waals surface area (Å²) in [4.78, 5) is 10.5. The topological polar surface area (TPSA) is 77.8 Å². The highest BCUT2D eigenvalue weighted by Gasteiger charge is 2.20. The van der Waals surface area contributed by atoms with E-state index in [1.807, 2.05) is 0 Å². The summed E-state index contributed by atoms with van der Waals surface area (Å²) in [5.74, 6) is -0.0353. The zero-order chi connectivity index (χ0) is 9.72. The maximum absolute atomic E-state index is 10.5. The van der Waals surface area contributed by atoms with Crippen molar-refractivity contribution in [2.75, 3.05) is 0 Å². The van der Waals surface area contributed by atoms with Crippen LogP contribution in [0.2, 0.25) is 0 Å². The van der Waals surface area contributed by atoms with Crippen LogP contribution in [0.4, 0.5) is 0 Å². The van der Waals surface area contributed by atoms with Gasteiger partial charge in [-0.25, -0.2) is 0 Å². The number of ketones is 1. The molecule has 4 heteroatoms. The van der Waals surface area contributed by atoms with Crippen LogP contribution in [-0.2, 0) is 4.79 Å². The molecule has 0 unspecified atom stereocenters. The summed E-state index contributed by atoms with van der Waals surface area (Å²) in [7, 11) is 0. The molecule has 12 heavy (non-hydrogen) atoms. The van der Waals surface area contributed by atoms with Gasteiger partial charge in [-0.2, -0.15) is 0 Å². The van der Waals surface area contributed by atoms with Crippen LogP contribution >= 0.6 is 0 Å². The predicted molar refractivity (Wildman–Crippen MR) is 43.6 cm³/mol. The van der Waals surface area contributed by atoms with E-state index in [0.29, 0.717) is 0 Å². The van der Waals surface area contributed by atoms with Crippen molar-refractivity contribution in [1.82, 2.24) is 0 Å². The average molecular weight is 176 g/mol. The highest BCUT2D eigenvalue weighted by Crippen LogP contribution is 2.06. The molecular weight excluding hydrogens is 160 g/mol. The van der Waals surface area contributed by atoms with Crippen LogP contribution in [0.25, 0.3) is 0 Å². The van der Waals surface area contributed by atoms with Crippen LogP contribution in [-0.4, -0.2) is 39.4 Å². The van der Waals surface area contributed by atoms with E-state index in [4.69, 9.17) is 10.2 Å². The first-order valence-electron chi connectivity index (χ1n) is 3.98. The van der Waals surface area contributed by atoms with Gasteiger partial charge < -0.3 is 20.1 Å². The molecule has 3 atom stereocenters.